The van der Waals surface area contributed by atoms with Gasteiger partial charge in [0.15, 0.2) is 0 Å². The van der Waals surface area contributed by atoms with Gasteiger partial charge in [0, 0.05) is 24.6 Å². The van der Waals surface area contributed by atoms with Crippen LogP contribution >= 0.6 is 0 Å². The molecule has 0 amide bonds. The Balaban J connectivity index is 4.27. The van der Waals surface area contributed by atoms with E-state index in [1.807, 2.05) is 0 Å². The Kier molecular flexibility index (Phi) is 8.96. The van der Waals surface area contributed by atoms with E-state index in [4.69, 9.17) is 4.74 Å². The average molecular weight is 229 g/mol. The van der Waals surface area contributed by atoms with E-state index in [0.29, 0.717) is 11.5 Å². The highest BCUT2D eigenvalue weighted by molar-refractivity contribution is 4.81. The molecule has 0 aliphatic heterocycles. The number of nitrogens with one attached hydrogen (secondary N) is 1. The van der Waals surface area contributed by atoms with E-state index >= 15 is 0 Å². The molecule has 98 valence electrons. The fraction of sp³-hybridized carbons (Fsp3) is 1.00. The van der Waals surface area contributed by atoms with Gasteiger partial charge >= 0.3 is 0 Å². The van der Waals surface area contributed by atoms with Gasteiger partial charge in [-0.3, -0.25) is 0 Å². The Morgan fingerprint density at radius 2 is 1.88 bits per heavy atom. The van der Waals surface area contributed by atoms with Gasteiger partial charge in [-0.25, -0.2) is 0 Å². The zero-order chi connectivity index (χ0) is 12.4. The van der Waals surface area contributed by atoms with Crippen molar-refractivity contribution in [2.24, 2.45) is 5.41 Å². The third-order valence-electron chi connectivity index (χ3n) is 3.31. The largest absolute Gasteiger partial charge is 0.381 e. The highest BCUT2D eigenvalue weighted by Gasteiger charge is 2.27. The maximum Gasteiger partial charge on any atom is 0.0534 e. The number of hydrogen-bond donors (Lipinski definition) is 1. The van der Waals surface area contributed by atoms with Crippen LogP contribution in [0.15, 0.2) is 0 Å². The lowest BCUT2D eigenvalue weighted by Gasteiger charge is -2.33. The summed E-state index contributed by atoms with van der Waals surface area (Å²) in [6.45, 7) is 13.9. The lowest BCUT2D eigenvalue weighted by atomic mass is 9.80. The first-order valence-corrected chi connectivity index (χ1v) is 6.91. The van der Waals surface area contributed by atoms with Crippen LogP contribution in [0.1, 0.15) is 60.3 Å². The van der Waals surface area contributed by atoms with E-state index in [1.54, 1.807) is 0 Å². The number of hydrogen-bond acceptors (Lipinski definition) is 2. The number of rotatable bonds is 10. The Labute approximate surface area is 102 Å². The molecule has 0 saturated carbocycles. The van der Waals surface area contributed by atoms with Crippen LogP contribution in [0.4, 0.5) is 0 Å². The molecule has 0 heterocycles. The zero-order valence-corrected chi connectivity index (χ0v) is 11.9. The Morgan fingerprint density at radius 3 is 2.31 bits per heavy atom. The molecule has 1 atom stereocenters. The molecule has 1 N–H and O–H groups in total. The Morgan fingerprint density at radius 1 is 1.19 bits per heavy atom. The molecule has 0 radical (unpaired) electrons. The van der Waals surface area contributed by atoms with E-state index in [0.717, 1.165) is 19.8 Å². The molecule has 0 saturated heterocycles. The molecule has 2 heteroatoms. The SMILES string of the molecule is CCCCC(CC)(CNC(C)C)COCC. The molecule has 0 fully saturated rings. The van der Waals surface area contributed by atoms with Crippen LogP contribution in [-0.4, -0.2) is 25.8 Å². The van der Waals surface area contributed by atoms with Crippen LogP contribution in [0.2, 0.25) is 0 Å². The van der Waals surface area contributed by atoms with Crippen molar-refractivity contribution in [3.63, 3.8) is 0 Å². The summed E-state index contributed by atoms with van der Waals surface area (Å²) < 4.78 is 5.68. The summed E-state index contributed by atoms with van der Waals surface area (Å²) in [7, 11) is 0. The molecule has 2 nitrogen and oxygen atoms in total. The van der Waals surface area contributed by atoms with Crippen molar-refractivity contribution in [1.29, 1.82) is 0 Å². The lowest BCUT2D eigenvalue weighted by Crippen LogP contribution is -2.40. The number of ether oxygens (including phenoxy) is 1. The van der Waals surface area contributed by atoms with Crippen molar-refractivity contribution < 1.29 is 4.74 Å². The first-order valence-electron chi connectivity index (χ1n) is 6.91. The molecule has 0 rings (SSSR count). The third kappa shape index (κ3) is 6.49. The van der Waals surface area contributed by atoms with Crippen LogP contribution < -0.4 is 5.32 Å². The number of unbranched alkanes of at least 4 members (excludes halogenated alkanes) is 1. The minimum absolute atomic E-state index is 0.344. The molecule has 0 bridgehead atoms. The van der Waals surface area contributed by atoms with Gasteiger partial charge in [0.2, 0.25) is 0 Å². The minimum Gasteiger partial charge on any atom is -0.381 e. The second-order valence-corrected chi connectivity index (χ2v) is 5.13. The van der Waals surface area contributed by atoms with Gasteiger partial charge in [0.05, 0.1) is 6.61 Å². The fourth-order valence-corrected chi connectivity index (χ4v) is 1.91. The highest BCUT2D eigenvalue weighted by atomic mass is 16.5. The maximum absolute atomic E-state index is 5.68. The Bertz CT molecular complexity index is 149. The molecular formula is C14H31NO. The minimum atomic E-state index is 0.344. The zero-order valence-electron chi connectivity index (χ0n) is 11.9. The van der Waals surface area contributed by atoms with E-state index in [2.05, 4.69) is 39.9 Å². The van der Waals surface area contributed by atoms with Crippen molar-refractivity contribution in [2.45, 2.75) is 66.3 Å². The first kappa shape index (κ1) is 15.9. The average Bonchev–Trinajstić information content (AvgIpc) is 2.29. The van der Waals surface area contributed by atoms with Crippen LogP contribution in [0.25, 0.3) is 0 Å². The van der Waals surface area contributed by atoms with Gasteiger partial charge in [-0.15, -0.1) is 0 Å². The molecule has 0 aromatic heterocycles. The predicted molar refractivity (Wildman–Crippen MR) is 71.9 cm³/mol. The first-order chi connectivity index (χ1) is 7.60. The summed E-state index contributed by atoms with van der Waals surface area (Å²) in [5.74, 6) is 0. The van der Waals surface area contributed by atoms with Gasteiger partial charge in [0.25, 0.3) is 0 Å². The fourth-order valence-electron chi connectivity index (χ4n) is 1.91. The van der Waals surface area contributed by atoms with Gasteiger partial charge in [-0.05, 0) is 19.8 Å². The summed E-state index contributed by atoms with van der Waals surface area (Å²) in [6, 6.07) is 0.564. The second-order valence-electron chi connectivity index (χ2n) is 5.13. The van der Waals surface area contributed by atoms with E-state index in [-0.39, 0.29) is 0 Å². The van der Waals surface area contributed by atoms with Crippen molar-refractivity contribution in [3.05, 3.63) is 0 Å². The van der Waals surface area contributed by atoms with Gasteiger partial charge in [-0.1, -0.05) is 40.5 Å². The van der Waals surface area contributed by atoms with Crippen LogP contribution in [0.3, 0.4) is 0 Å². The summed E-state index contributed by atoms with van der Waals surface area (Å²) in [5, 5.41) is 3.58. The van der Waals surface area contributed by atoms with Crippen LogP contribution in [0.5, 0.6) is 0 Å². The molecule has 0 aliphatic carbocycles. The van der Waals surface area contributed by atoms with Gasteiger partial charge < -0.3 is 10.1 Å². The van der Waals surface area contributed by atoms with E-state index in [1.165, 1.54) is 25.7 Å². The van der Waals surface area contributed by atoms with E-state index < -0.39 is 0 Å². The molecule has 0 aliphatic rings. The summed E-state index contributed by atoms with van der Waals surface area (Å²) >= 11 is 0. The smallest absolute Gasteiger partial charge is 0.0534 e. The third-order valence-corrected chi connectivity index (χ3v) is 3.31. The Hall–Kier alpha value is -0.0800. The summed E-state index contributed by atoms with van der Waals surface area (Å²) in [4.78, 5) is 0. The van der Waals surface area contributed by atoms with Gasteiger partial charge in [-0.2, -0.15) is 0 Å². The van der Waals surface area contributed by atoms with Crippen molar-refractivity contribution >= 4 is 0 Å². The maximum atomic E-state index is 5.68. The second kappa shape index (κ2) is 9.00. The molecule has 0 aromatic rings. The van der Waals surface area contributed by atoms with Crippen LogP contribution in [-0.2, 0) is 4.74 Å². The molecular weight excluding hydrogens is 198 g/mol. The molecule has 16 heavy (non-hydrogen) atoms. The quantitative estimate of drug-likeness (QED) is 0.618. The highest BCUT2D eigenvalue weighted by Crippen LogP contribution is 2.28. The normalized spacial score (nSPS) is 15.4. The van der Waals surface area contributed by atoms with Crippen molar-refractivity contribution in [3.8, 4) is 0 Å². The monoisotopic (exact) mass is 229 g/mol. The van der Waals surface area contributed by atoms with Crippen LogP contribution in [0, 0.1) is 5.41 Å². The van der Waals surface area contributed by atoms with Crippen molar-refractivity contribution in [2.75, 3.05) is 19.8 Å². The van der Waals surface area contributed by atoms with Crippen molar-refractivity contribution in [1.82, 2.24) is 5.32 Å². The molecule has 1 unspecified atom stereocenters. The van der Waals surface area contributed by atoms with Gasteiger partial charge in [0.1, 0.15) is 0 Å². The predicted octanol–water partition coefficient (Wildman–Crippen LogP) is 3.61. The molecule has 0 aromatic carbocycles. The summed E-state index contributed by atoms with van der Waals surface area (Å²) in [6.07, 6.45) is 5.06. The standard InChI is InChI=1S/C14H31NO/c1-6-9-10-14(7-2,12-16-8-3)11-15-13(4)5/h13,15H,6-12H2,1-5H3. The topological polar surface area (TPSA) is 21.3 Å². The lowest BCUT2D eigenvalue weighted by molar-refractivity contribution is 0.0390. The summed E-state index contributed by atoms with van der Waals surface area (Å²) in [5.41, 5.74) is 0.344. The molecule has 0 spiro atoms. The van der Waals surface area contributed by atoms with E-state index in [9.17, 15) is 0 Å².